The van der Waals surface area contributed by atoms with Crippen LogP contribution in [0.1, 0.15) is 29.9 Å². The number of fused-ring (bicyclic) bond motifs is 5. The number of amides is 4. The van der Waals surface area contributed by atoms with Gasteiger partial charge in [-0.3, -0.25) is 29.5 Å². The van der Waals surface area contributed by atoms with Gasteiger partial charge in [0.25, 0.3) is 11.8 Å². The van der Waals surface area contributed by atoms with Crippen LogP contribution >= 0.6 is 11.6 Å². The number of hydrazine groups is 1. The van der Waals surface area contributed by atoms with E-state index in [1.54, 1.807) is 42.5 Å². The van der Waals surface area contributed by atoms with Gasteiger partial charge in [-0.1, -0.05) is 65.7 Å². The molecule has 47 heavy (non-hydrogen) atoms. The molecule has 0 spiro atoms. The number of phenolic OH excluding ortho intramolecular Hbond substituents is 1. The number of halogens is 2. The predicted molar refractivity (Wildman–Crippen MR) is 172 cm³/mol. The number of hydrogen-bond acceptors (Lipinski definition) is 6. The van der Waals surface area contributed by atoms with E-state index in [2.05, 4.69) is 5.43 Å². The predicted octanol–water partition coefficient (Wildman–Crippen LogP) is 5.95. The maximum Gasteiger partial charge on any atom is 0.260 e. The van der Waals surface area contributed by atoms with E-state index >= 15 is 4.79 Å². The Bertz CT molecular complexity index is 2050. The molecule has 4 aromatic rings. The second-order valence-corrected chi connectivity index (χ2v) is 13.3. The molecule has 2 aliphatic carbocycles. The molecule has 0 aromatic heterocycles. The molecule has 2 N–H and O–H groups in total. The Labute approximate surface area is 274 Å². The van der Waals surface area contributed by atoms with E-state index in [1.165, 1.54) is 36.2 Å². The van der Waals surface area contributed by atoms with Crippen molar-refractivity contribution < 1.29 is 28.7 Å². The first kappa shape index (κ1) is 29.4. The van der Waals surface area contributed by atoms with Crippen molar-refractivity contribution in [3.05, 3.63) is 119 Å². The highest BCUT2D eigenvalue weighted by Crippen LogP contribution is 2.64. The van der Waals surface area contributed by atoms with Crippen LogP contribution in [0.3, 0.4) is 0 Å². The zero-order valence-electron chi connectivity index (χ0n) is 25.2. The van der Waals surface area contributed by atoms with Gasteiger partial charge in [-0.05, 0) is 77.7 Å². The number of allylic oxidation sites excluding steroid dienone is 2. The van der Waals surface area contributed by atoms with Crippen molar-refractivity contribution in [2.45, 2.75) is 24.2 Å². The number of aromatic hydroxyl groups is 1. The van der Waals surface area contributed by atoms with E-state index in [9.17, 15) is 23.9 Å². The van der Waals surface area contributed by atoms with Gasteiger partial charge >= 0.3 is 0 Å². The number of carbonyl (C=O) groups excluding carboxylic acids is 4. The molecule has 4 amide bonds. The lowest BCUT2D eigenvalue weighted by Gasteiger charge is -2.51. The fourth-order valence-corrected chi connectivity index (χ4v) is 8.84. The van der Waals surface area contributed by atoms with E-state index in [0.717, 1.165) is 10.6 Å². The second-order valence-electron chi connectivity index (χ2n) is 12.8. The van der Waals surface area contributed by atoms with E-state index < -0.39 is 52.6 Å². The maximum atomic E-state index is 15.2. The van der Waals surface area contributed by atoms with Crippen LogP contribution in [0.4, 0.5) is 10.1 Å². The van der Waals surface area contributed by atoms with Gasteiger partial charge in [0, 0.05) is 23.4 Å². The van der Waals surface area contributed by atoms with Gasteiger partial charge in [0.2, 0.25) is 11.8 Å². The van der Waals surface area contributed by atoms with Crippen LogP contribution in [-0.4, -0.2) is 45.7 Å². The van der Waals surface area contributed by atoms with E-state index in [-0.39, 0.29) is 24.0 Å². The summed E-state index contributed by atoms with van der Waals surface area (Å²) in [6, 6.07) is 23.0. The van der Waals surface area contributed by atoms with Crippen LogP contribution in [0.15, 0.2) is 96.6 Å². The first-order chi connectivity index (χ1) is 22.6. The number of benzene rings is 4. The minimum atomic E-state index is -1.50. The van der Waals surface area contributed by atoms with Gasteiger partial charge in [0.05, 0.1) is 28.9 Å². The van der Waals surface area contributed by atoms with Crippen LogP contribution in [-0.2, 0) is 24.6 Å². The molecule has 10 heteroatoms. The zero-order chi connectivity index (χ0) is 32.8. The minimum absolute atomic E-state index is 0.0677. The molecule has 1 saturated carbocycles. The Morgan fingerprint density at radius 2 is 1.55 bits per heavy atom. The molecule has 4 aromatic carbocycles. The summed E-state index contributed by atoms with van der Waals surface area (Å²) >= 11 is 6.35. The van der Waals surface area contributed by atoms with E-state index in [0.29, 0.717) is 39.0 Å². The maximum absolute atomic E-state index is 15.2. The van der Waals surface area contributed by atoms with Gasteiger partial charge < -0.3 is 5.11 Å². The van der Waals surface area contributed by atoms with Crippen LogP contribution < -0.4 is 5.43 Å². The van der Waals surface area contributed by atoms with Gasteiger partial charge in [-0.15, -0.1) is 0 Å². The fraction of sp³-hybridized carbons (Fsp3) is 0.243. The number of imide groups is 2. The third kappa shape index (κ3) is 4.05. The Morgan fingerprint density at radius 3 is 2.28 bits per heavy atom. The van der Waals surface area contributed by atoms with Crippen LogP contribution in [0.2, 0.25) is 5.02 Å². The molecule has 8 rings (SSSR count). The normalized spacial score (nSPS) is 28.3. The fourth-order valence-electron chi connectivity index (χ4n) is 8.72. The molecule has 236 valence electrons. The average molecular weight is 650 g/mol. The summed E-state index contributed by atoms with van der Waals surface area (Å²) in [6.45, 7) is 0. The number of carbonyl (C=O) groups is 4. The third-order valence-corrected chi connectivity index (χ3v) is 11.0. The topological polar surface area (TPSA) is 107 Å². The molecular weight excluding hydrogens is 621 g/mol. The highest BCUT2D eigenvalue weighted by molar-refractivity contribution is 6.30. The monoisotopic (exact) mass is 649 g/mol. The molecule has 2 saturated heterocycles. The number of rotatable bonds is 4. The lowest BCUT2D eigenvalue weighted by Crippen LogP contribution is -2.53. The minimum Gasteiger partial charge on any atom is -0.507 e. The lowest BCUT2D eigenvalue weighted by molar-refractivity contribution is -0.140. The second kappa shape index (κ2) is 10.5. The first-order valence-corrected chi connectivity index (χ1v) is 15.9. The summed E-state index contributed by atoms with van der Waals surface area (Å²) in [5.74, 6) is -5.37. The highest BCUT2D eigenvalue weighted by Gasteiger charge is 2.70. The molecular formula is C37H29ClFN3O5. The molecule has 6 atom stereocenters. The highest BCUT2D eigenvalue weighted by atomic mass is 35.5. The first-order valence-electron chi connectivity index (χ1n) is 15.5. The van der Waals surface area contributed by atoms with Crippen molar-refractivity contribution in [3.63, 3.8) is 0 Å². The summed E-state index contributed by atoms with van der Waals surface area (Å²) in [4.78, 5) is 57.9. The molecule has 0 radical (unpaired) electrons. The third-order valence-electron chi connectivity index (χ3n) is 10.7. The van der Waals surface area contributed by atoms with Crippen molar-refractivity contribution in [2.75, 3.05) is 12.5 Å². The van der Waals surface area contributed by atoms with E-state index in [4.69, 9.17) is 11.6 Å². The summed E-state index contributed by atoms with van der Waals surface area (Å²) in [5, 5.41) is 13.6. The summed E-state index contributed by atoms with van der Waals surface area (Å²) < 4.78 is 13.8. The average Bonchev–Trinajstić information content (AvgIpc) is 3.43. The molecule has 3 fully saturated rings. The zero-order valence-corrected chi connectivity index (χ0v) is 25.9. The van der Waals surface area contributed by atoms with E-state index in [1.807, 2.05) is 24.3 Å². The smallest absolute Gasteiger partial charge is 0.260 e. The van der Waals surface area contributed by atoms with Gasteiger partial charge in [-0.25, -0.2) is 4.39 Å². The number of nitrogens with zero attached hydrogens (tertiary/aromatic N) is 2. The molecule has 2 aliphatic heterocycles. The number of nitrogens with one attached hydrogen (secondary N) is 1. The summed E-state index contributed by atoms with van der Waals surface area (Å²) in [6.07, 6.45) is 2.46. The van der Waals surface area contributed by atoms with Crippen molar-refractivity contribution in [1.82, 2.24) is 9.91 Å². The quantitative estimate of drug-likeness (QED) is 0.209. The van der Waals surface area contributed by atoms with Crippen LogP contribution in [0.25, 0.3) is 10.8 Å². The molecule has 0 bridgehead atoms. The Hall–Kier alpha value is -5.02. The van der Waals surface area contributed by atoms with Crippen LogP contribution in [0.5, 0.6) is 5.75 Å². The Balaban J connectivity index is 1.41. The number of phenols is 1. The van der Waals surface area contributed by atoms with Crippen LogP contribution in [0, 0.1) is 29.5 Å². The van der Waals surface area contributed by atoms with Gasteiger partial charge in [-0.2, -0.15) is 5.01 Å². The number of hydrogen-bond donors (Lipinski definition) is 2. The van der Waals surface area contributed by atoms with Crippen molar-refractivity contribution >= 4 is 51.7 Å². The molecule has 8 nitrogen and oxygen atoms in total. The largest absolute Gasteiger partial charge is 0.507 e. The van der Waals surface area contributed by atoms with Crippen molar-refractivity contribution in [3.8, 4) is 5.75 Å². The summed E-state index contributed by atoms with van der Waals surface area (Å²) in [5.41, 5.74) is 3.90. The molecule has 2 heterocycles. The number of anilines is 1. The van der Waals surface area contributed by atoms with Crippen molar-refractivity contribution in [1.29, 1.82) is 0 Å². The Kier molecular flexibility index (Phi) is 6.57. The SMILES string of the molecule is CN1C(=O)[C@H]2[C@H](CC=C3[C@H]2C[C@H]2C(=O)N(Nc4ccc(F)cc4)C(=O)[C@@]2(c2ccc(Cl)cc2)[C@H]3c2ccc(O)c3ccccc23)C1=O. The molecule has 0 unspecified atom stereocenters. The summed E-state index contributed by atoms with van der Waals surface area (Å²) in [7, 11) is 1.49. The molecule has 4 aliphatic rings. The Morgan fingerprint density at radius 1 is 0.851 bits per heavy atom. The van der Waals surface area contributed by atoms with Gasteiger partial charge in [0.1, 0.15) is 11.6 Å². The standard InChI is InChI=1S/C37H29ClFN3O5/c1-41-33(44)27-15-14-26-28(31(27)35(41)46)18-29-34(45)42(40-22-12-10-21(39)11-13-22)36(47)37(29,19-6-8-20(38)9-7-19)32(26)25-16-17-30(43)24-5-3-2-4-23(24)25/h2-14,16-17,27-29,31-32,40,43H,15,18H2,1H3/t27-,28+,29-,31-,32-,37+/m0/s1. The van der Waals surface area contributed by atoms with Gasteiger partial charge in [0.15, 0.2) is 0 Å². The number of likely N-dealkylation sites (tertiary alicyclic amines) is 1. The lowest BCUT2D eigenvalue weighted by atomic mass is 9.49. The van der Waals surface area contributed by atoms with Crippen molar-refractivity contribution in [2.24, 2.45) is 23.7 Å².